The first-order chi connectivity index (χ1) is 8.99. The Bertz CT molecular complexity index is 605. The van der Waals surface area contributed by atoms with Gasteiger partial charge >= 0.3 is 0 Å². The van der Waals surface area contributed by atoms with Gasteiger partial charge in [0.25, 0.3) is 5.91 Å². The molecule has 6 heteroatoms. The van der Waals surface area contributed by atoms with Crippen LogP contribution in [0.1, 0.15) is 25.7 Å². The van der Waals surface area contributed by atoms with Gasteiger partial charge in [-0.3, -0.25) is 4.79 Å². The summed E-state index contributed by atoms with van der Waals surface area (Å²) in [5.74, 6) is -1.54. The maximum absolute atomic E-state index is 13.6. The Morgan fingerprint density at radius 2 is 2.26 bits per heavy atom. The number of nitrogen functional groups attached to an aromatic ring is 1. The molecule has 0 aliphatic heterocycles. The van der Waals surface area contributed by atoms with Crippen LogP contribution in [0.15, 0.2) is 18.3 Å². The predicted molar refractivity (Wildman–Crippen MR) is 73.6 cm³/mol. The summed E-state index contributed by atoms with van der Waals surface area (Å²) < 4.78 is 13.6. The standard InChI is InChI=1S/C13H14FN3OS/c1-7-5-9(19-8(7)2)6-17-13(18)10-3-4-16-12(15)11(10)14/h3-5H,6H2,1-2H3,(H2,15,16)(H,17,18). The van der Waals surface area contributed by atoms with Crippen molar-refractivity contribution in [3.05, 3.63) is 45.0 Å². The average Bonchev–Trinajstić information content (AvgIpc) is 2.69. The first kappa shape index (κ1) is 13.5. The van der Waals surface area contributed by atoms with E-state index >= 15 is 0 Å². The highest BCUT2D eigenvalue weighted by atomic mass is 32.1. The summed E-state index contributed by atoms with van der Waals surface area (Å²) in [6, 6.07) is 3.32. The zero-order chi connectivity index (χ0) is 14.0. The molecule has 100 valence electrons. The fourth-order valence-electron chi connectivity index (χ4n) is 1.63. The number of hydrogen-bond donors (Lipinski definition) is 2. The number of aryl methyl sites for hydroxylation is 2. The number of carbonyl (C=O) groups excluding carboxylic acids is 1. The van der Waals surface area contributed by atoms with Gasteiger partial charge in [0.2, 0.25) is 0 Å². The molecular weight excluding hydrogens is 265 g/mol. The van der Waals surface area contributed by atoms with Crippen LogP contribution in [0.4, 0.5) is 10.2 Å². The molecule has 4 nitrogen and oxygen atoms in total. The highest BCUT2D eigenvalue weighted by Crippen LogP contribution is 2.20. The van der Waals surface area contributed by atoms with Gasteiger partial charge in [0.05, 0.1) is 12.1 Å². The van der Waals surface area contributed by atoms with E-state index in [-0.39, 0.29) is 11.4 Å². The van der Waals surface area contributed by atoms with Crippen LogP contribution in [0.3, 0.4) is 0 Å². The lowest BCUT2D eigenvalue weighted by atomic mass is 10.2. The second-order valence-electron chi connectivity index (χ2n) is 4.19. The predicted octanol–water partition coefficient (Wildman–Crippen LogP) is 2.41. The molecule has 0 aliphatic rings. The molecule has 0 atom stereocenters. The first-order valence-corrected chi connectivity index (χ1v) is 6.54. The van der Waals surface area contributed by atoms with E-state index in [1.807, 2.05) is 19.9 Å². The minimum atomic E-state index is -0.779. The van der Waals surface area contributed by atoms with E-state index in [1.54, 1.807) is 11.3 Å². The third kappa shape index (κ3) is 2.90. The second kappa shape index (κ2) is 5.36. The number of anilines is 1. The number of rotatable bonds is 3. The number of nitrogens with one attached hydrogen (secondary N) is 1. The van der Waals surface area contributed by atoms with Gasteiger partial charge in [-0.15, -0.1) is 11.3 Å². The minimum Gasteiger partial charge on any atom is -0.381 e. The number of thiophene rings is 1. The van der Waals surface area contributed by atoms with Crippen molar-refractivity contribution in [1.29, 1.82) is 0 Å². The van der Waals surface area contributed by atoms with Gasteiger partial charge in [-0.2, -0.15) is 0 Å². The summed E-state index contributed by atoms with van der Waals surface area (Å²) in [5.41, 5.74) is 6.43. The molecule has 2 heterocycles. The monoisotopic (exact) mass is 279 g/mol. The fraction of sp³-hybridized carbons (Fsp3) is 0.231. The molecule has 2 aromatic heterocycles. The van der Waals surface area contributed by atoms with E-state index in [0.717, 1.165) is 4.88 Å². The Kier molecular flexibility index (Phi) is 3.80. The topological polar surface area (TPSA) is 68.0 Å². The molecule has 19 heavy (non-hydrogen) atoms. The molecule has 0 saturated heterocycles. The molecule has 3 N–H and O–H groups in total. The summed E-state index contributed by atoms with van der Waals surface area (Å²) in [6.07, 6.45) is 1.31. The van der Waals surface area contributed by atoms with E-state index < -0.39 is 11.7 Å². The fourth-order valence-corrected chi connectivity index (χ4v) is 2.63. The number of carbonyl (C=O) groups is 1. The van der Waals surface area contributed by atoms with Crippen molar-refractivity contribution in [3.63, 3.8) is 0 Å². The van der Waals surface area contributed by atoms with E-state index in [9.17, 15) is 9.18 Å². The van der Waals surface area contributed by atoms with Crippen LogP contribution in [-0.4, -0.2) is 10.9 Å². The molecule has 0 unspecified atom stereocenters. The maximum Gasteiger partial charge on any atom is 0.254 e. The van der Waals surface area contributed by atoms with Crippen LogP contribution < -0.4 is 11.1 Å². The van der Waals surface area contributed by atoms with E-state index in [2.05, 4.69) is 10.3 Å². The molecule has 2 aromatic rings. The zero-order valence-electron chi connectivity index (χ0n) is 10.7. The molecule has 0 bridgehead atoms. The van der Waals surface area contributed by atoms with Crippen LogP contribution in [0.25, 0.3) is 0 Å². The molecule has 1 amide bonds. The molecule has 0 radical (unpaired) electrons. The quantitative estimate of drug-likeness (QED) is 0.906. The van der Waals surface area contributed by atoms with E-state index in [4.69, 9.17) is 5.73 Å². The molecule has 2 rings (SSSR count). The molecular formula is C13H14FN3OS. The Hall–Kier alpha value is -1.95. The van der Waals surface area contributed by atoms with Crippen molar-refractivity contribution >= 4 is 23.1 Å². The molecule has 0 aliphatic carbocycles. The van der Waals surface area contributed by atoms with Crippen molar-refractivity contribution in [1.82, 2.24) is 10.3 Å². The zero-order valence-corrected chi connectivity index (χ0v) is 11.5. The van der Waals surface area contributed by atoms with Crippen LogP contribution in [0, 0.1) is 19.7 Å². The number of hydrogen-bond acceptors (Lipinski definition) is 4. The van der Waals surface area contributed by atoms with Crippen LogP contribution in [0.5, 0.6) is 0 Å². The van der Waals surface area contributed by atoms with Crippen LogP contribution in [0.2, 0.25) is 0 Å². The Morgan fingerprint density at radius 1 is 1.53 bits per heavy atom. The third-order valence-electron chi connectivity index (χ3n) is 2.80. The molecule has 0 spiro atoms. The number of amides is 1. The smallest absolute Gasteiger partial charge is 0.254 e. The number of aromatic nitrogens is 1. The highest BCUT2D eigenvalue weighted by molar-refractivity contribution is 7.12. The van der Waals surface area contributed by atoms with Crippen molar-refractivity contribution in [2.45, 2.75) is 20.4 Å². The maximum atomic E-state index is 13.6. The number of pyridine rings is 1. The molecule has 0 aromatic carbocycles. The molecule has 0 saturated carbocycles. The van der Waals surface area contributed by atoms with Gasteiger partial charge in [0.15, 0.2) is 11.6 Å². The highest BCUT2D eigenvalue weighted by Gasteiger charge is 2.14. The third-order valence-corrected chi connectivity index (χ3v) is 3.95. The Morgan fingerprint density at radius 3 is 2.89 bits per heavy atom. The van der Waals surface area contributed by atoms with Gasteiger partial charge in [-0.25, -0.2) is 9.37 Å². The van der Waals surface area contributed by atoms with Gasteiger partial charge in [0, 0.05) is 16.0 Å². The first-order valence-electron chi connectivity index (χ1n) is 5.73. The summed E-state index contributed by atoms with van der Waals surface area (Å²) in [7, 11) is 0. The largest absolute Gasteiger partial charge is 0.381 e. The number of halogens is 1. The molecule has 0 fully saturated rings. The van der Waals surface area contributed by atoms with Gasteiger partial charge in [-0.1, -0.05) is 0 Å². The second-order valence-corrected chi connectivity index (χ2v) is 5.53. The summed E-state index contributed by atoms with van der Waals surface area (Å²) in [5, 5.41) is 2.67. The average molecular weight is 279 g/mol. The van der Waals surface area contributed by atoms with E-state index in [1.165, 1.54) is 22.7 Å². The van der Waals surface area contributed by atoms with Crippen molar-refractivity contribution in [2.24, 2.45) is 0 Å². The summed E-state index contributed by atoms with van der Waals surface area (Å²) in [4.78, 5) is 17.7. The lowest BCUT2D eigenvalue weighted by Crippen LogP contribution is -2.24. The van der Waals surface area contributed by atoms with Crippen molar-refractivity contribution in [2.75, 3.05) is 5.73 Å². The van der Waals surface area contributed by atoms with Crippen LogP contribution in [-0.2, 0) is 6.54 Å². The van der Waals surface area contributed by atoms with Gasteiger partial charge in [-0.05, 0) is 31.5 Å². The summed E-state index contributed by atoms with van der Waals surface area (Å²) >= 11 is 1.61. The Labute approximate surface area is 114 Å². The number of nitrogens with two attached hydrogens (primary N) is 1. The van der Waals surface area contributed by atoms with E-state index in [0.29, 0.717) is 6.54 Å². The number of nitrogens with zero attached hydrogens (tertiary/aromatic N) is 1. The van der Waals surface area contributed by atoms with Gasteiger partial charge < -0.3 is 11.1 Å². The minimum absolute atomic E-state index is 0.0856. The summed E-state index contributed by atoms with van der Waals surface area (Å²) in [6.45, 7) is 4.41. The van der Waals surface area contributed by atoms with Crippen molar-refractivity contribution in [3.8, 4) is 0 Å². The lowest BCUT2D eigenvalue weighted by molar-refractivity contribution is 0.0947. The van der Waals surface area contributed by atoms with Gasteiger partial charge in [0.1, 0.15) is 0 Å². The Balaban J connectivity index is 2.07. The normalized spacial score (nSPS) is 10.5. The van der Waals surface area contributed by atoms with Crippen LogP contribution >= 0.6 is 11.3 Å². The van der Waals surface area contributed by atoms with Crippen molar-refractivity contribution < 1.29 is 9.18 Å². The lowest BCUT2D eigenvalue weighted by Gasteiger charge is -2.05. The SMILES string of the molecule is Cc1cc(CNC(=O)c2ccnc(N)c2F)sc1C.